The maximum atomic E-state index is 12.6. The smallest absolute Gasteiger partial charge is 0.309 e. The third kappa shape index (κ3) is 3.64. The van der Waals surface area contributed by atoms with E-state index >= 15 is 0 Å². The quantitative estimate of drug-likeness (QED) is 0.887. The summed E-state index contributed by atoms with van der Waals surface area (Å²) in [6, 6.07) is 2.93. The Morgan fingerprint density at radius 2 is 1.71 bits per heavy atom. The molecule has 0 aliphatic carbocycles. The van der Waals surface area contributed by atoms with Gasteiger partial charge >= 0.3 is 6.01 Å². The van der Waals surface area contributed by atoms with Crippen LogP contribution in [0.4, 0.5) is 6.01 Å². The topological polar surface area (TPSA) is 90.7 Å². The standard InChI is InChI=1S/C16H22N2O5S/c1-10-7-11(21-5)12(22-6)8-13(10)24(19,20)18-15-17-14(9-23-15)16(2,3)4/h7-9H,1-6H3,(H,17,18). The first-order chi connectivity index (χ1) is 11.1. The number of methoxy groups -OCH3 is 2. The number of benzene rings is 1. The zero-order chi connectivity index (χ0) is 18.1. The van der Waals surface area contributed by atoms with Crippen LogP contribution >= 0.6 is 0 Å². The maximum Gasteiger partial charge on any atom is 0.309 e. The number of anilines is 1. The third-order valence-electron chi connectivity index (χ3n) is 3.46. The van der Waals surface area contributed by atoms with Gasteiger partial charge < -0.3 is 13.9 Å². The lowest BCUT2D eigenvalue weighted by Gasteiger charge is -2.14. The molecule has 0 unspecified atom stereocenters. The van der Waals surface area contributed by atoms with Crippen molar-refractivity contribution < 1.29 is 22.3 Å². The van der Waals surface area contributed by atoms with Crippen molar-refractivity contribution in [2.45, 2.75) is 38.0 Å². The molecule has 0 spiro atoms. The maximum absolute atomic E-state index is 12.6. The number of ether oxygens (including phenoxy) is 2. The van der Waals surface area contributed by atoms with Crippen molar-refractivity contribution in [3.63, 3.8) is 0 Å². The van der Waals surface area contributed by atoms with Crippen molar-refractivity contribution in [2.75, 3.05) is 18.9 Å². The first-order valence-corrected chi connectivity index (χ1v) is 8.78. The highest BCUT2D eigenvalue weighted by Crippen LogP contribution is 2.33. The Morgan fingerprint density at radius 3 is 2.21 bits per heavy atom. The molecule has 0 fully saturated rings. The average molecular weight is 354 g/mol. The van der Waals surface area contributed by atoms with Crippen molar-refractivity contribution in [3.8, 4) is 11.5 Å². The van der Waals surface area contributed by atoms with Crippen LogP contribution in [-0.4, -0.2) is 27.6 Å². The van der Waals surface area contributed by atoms with Gasteiger partial charge in [-0.05, 0) is 18.6 Å². The number of aryl methyl sites for hydroxylation is 1. The van der Waals surface area contributed by atoms with E-state index in [0.717, 1.165) is 0 Å². The van der Waals surface area contributed by atoms with E-state index in [2.05, 4.69) is 9.71 Å². The molecule has 2 aromatic rings. The summed E-state index contributed by atoms with van der Waals surface area (Å²) >= 11 is 0. The third-order valence-corrected chi connectivity index (χ3v) is 4.93. The van der Waals surface area contributed by atoms with Gasteiger partial charge in [-0.3, -0.25) is 0 Å². The summed E-state index contributed by atoms with van der Waals surface area (Å²) in [4.78, 5) is 4.25. The normalized spacial score (nSPS) is 12.1. The molecule has 1 aromatic heterocycles. The molecule has 0 radical (unpaired) electrons. The lowest BCUT2D eigenvalue weighted by atomic mass is 9.93. The number of nitrogens with one attached hydrogen (secondary N) is 1. The van der Waals surface area contributed by atoms with E-state index < -0.39 is 10.0 Å². The van der Waals surface area contributed by atoms with E-state index in [9.17, 15) is 8.42 Å². The Hall–Kier alpha value is -2.22. The van der Waals surface area contributed by atoms with Crippen LogP contribution in [0.25, 0.3) is 0 Å². The van der Waals surface area contributed by atoms with Crippen molar-refractivity contribution in [1.82, 2.24) is 4.98 Å². The van der Waals surface area contributed by atoms with Gasteiger partial charge in [0.1, 0.15) is 6.26 Å². The molecule has 1 heterocycles. The SMILES string of the molecule is COc1cc(C)c(S(=O)(=O)Nc2nc(C(C)(C)C)co2)cc1OC. The molecule has 0 saturated carbocycles. The molecule has 1 N–H and O–H groups in total. The Morgan fingerprint density at radius 1 is 1.12 bits per heavy atom. The highest BCUT2D eigenvalue weighted by atomic mass is 32.2. The molecule has 2 rings (SSSR count). The number of aromatic nitrogens is 1. The summed E-state index contributed by atoms with van der Waals surface area (Å²) in [7, 11) is -0.940. The first-order valence-electron chi connectivity index (χ1n) is 7.30. The molecule has 0 atom stereocenters. The van der Waals surface area contributed by atoms with Gasteiger partial charge in [0.15, 0.2) is 11.5 Å². The Balaban J connectivity index is 2.39. The number of nitrogens with zero attached hydrogens (tertiary/aromatic N) is 1. The molecule has 7 nitrogen and oxygen atoms in total. The fraction of sp³-hybridized carbons (Fsp3) is 0.438. The van der Waals surface area contributed by atoms with Gasteiger partial charge in [0, 0.05) is 11.5 Å². The Labute approximate surface area is 142 Å². The average Bonchev–Trinajstić information content (AvgIpc) is 2.94. The lowest BCUT2D eigenvalue weighted by Crippen LogP contribution is -2.16. The minimum Gasteiger partial charge on any atom is -0.493 e. The summed E-state index contributed by atoms with van der Waals surface area (Å²) < 4.78 is 43.2. The van der Waals surface area contributed by atoms with E-state index in [4.69, 9.17) is 13.9 Å². The van der Waals surface area contributed by atoms with E-state index in [1.165, 1.54) is 26.5 Å². The summed E-state index contributed by atoms with van der Waals surface area (Å²) in [6.45, 7) is 7.55. The number of hydrogen-bond donors (Lipinski definition) is 1. The van der Waals surface area contributed by atoms with Crippen LogP contribution in [0.1, 0.15) is 32.0 Å². The molecule has 24 heavy (non-hydrogen) atoms. The molecule has 132 valence electrons. The van der Waals surface area contributed by atoms with Gasteiger partial charge in [-0.1, -0.05) is 20.8 Å². The van der Waals surface area contributed by atoms with Crippen LogP contribution in [0.15, 0.2) is 27.7 Å². The first kappa shape index (κ1) is 18.1. The van der Waals surface area contributed by atoms with Gasteiger partial charge in [0.25, 0.3) is 10.0 Å². The fourth-order valence-electron chi connectivity index (χ4n) is 2.09. The van der Waals surface area contributed by atoms with Gasteiger partial charge in [-0.25, -0.2) is 13.1 Å². The zero-order valence-electron chi connectivity index (χ0n) is 14.6. The minimum absolute atomic E-state index is 0.0654. The Bertz CT molecular complexity index is 835. The summed E-state index contributed by atoms with van der Waals surface area (Å²) in [5, 5.41) is 0. The van der Waals surface area contributed by atoms with Crippen LogP contribution in [-0.2, 0) is 15.4 Å². The summed E-state index contributed by atoms with van der Waals surface area (Å²) in [5.74, 6) is 0.784. The van der Waals surface area contributed by atoms with Crippen molar-refractivity contribution in [2.24, 2.45) is 0 Å². The zero-order valence-corrected chi connectivity index (χ0v) is 15.4. The largest absolute Gasteiger partial charge is 0.493 e. The van der Waals surface area contributed by atoms with Gasteiger partial charge in [-0.2, -0.15) is 4.98 Å². The van der Waals surface area contributed by atoms with Gasteiger partial charge in [0.05, 0.1) is 24.8 Å². The number of sulfonamides is 1. The van der Waals surface area contributed by atoms with Gasteiger partial charge in [0.2, 0.25) is 0 Å². The van der Waals surface area contributed by atoms with Gasteiger partial charge in [-0.15, -0.1) is 0 Å². The summed E-state index contributed by atoms with van der Waals surface area (Å²) in [6.07, 6.45) is 1.44. The molecule has 0 amide bonds. The van der Waals surface area contributed by atoms with Crippen LogP contribution in [0, 0.1) is 6.92 Å². The predicted molar refractivity (Wildman–Crippen MR) is 90.3 cm³/mol. The molecule has 0 saturated heterocycles. The molecule has 0 bridgehead atoms. The van der Waals surface area contributed by atoms with Crippen molar-refractivity contribution >= 4 is 16.0 Å². The predicted octanol–water partition coefficient (Wildman–Crippen LogP) is 3.10. The monoisotopic (exact) mass is 354 g/mol. The van der Waals surface area contributed by atoms with Crippen LogP contribution < -0.4 is 14.2 Å². The molecule has 0 aliphatic heterocycles. The Kier molecular flexibility index (Phi) is 4.80. The highest BCUT2D eigenvalue weighted by molar-refractivity contribution is 7.92. The van der Waals surface area contributed by atoms with E-state index in [0.29, 0.717) is 22.8 Å². The van der Waals surface area contributed by atoms with Crippen molar-refractivity contribution in [3.05, 3.63) is 29.7 Å². The number of oxazole rings is 1. The minimum atomic E-state index is -3.88. The summed E-state index contributed by atoms with van der Waals surface area (Å²) in [5.41, 5.74) is 0.930. The second-order valence-corrected chi connectivity index (χ2v) is 8.02. The van der Waals surface area contributed by atoms with E-state index in [1.807, 2.05) is 20.8 Å². The number of hydrogen-bond acceptors (Lipinski definition) is 6. The molecular weight excluding hydrogens is 332 g/mol. The van der Waals surface area contributed by atoms with Crippen molar-refractivity contribution in [1.29, 1.82) is 0 Å². The molecule has 8 heteroatoms. The number of rotatable bonds is 5. The van der Waals surface area contributed by atoms with Crippen LogP contribution in [0.5, 0.6) is 11.5 Å². The van der Waals surface area contributed by atoms with Crippen LogP contribution in [0.3, 0.4) is 0 Å². The second-order valence-electron chi connectivity index (χ2n) is 6.37. The van der Waals surface area contributed by atoms with E-state index in [1.54, 1.807) is 13.0 Å². The molecule has 0 aliphatic rings. The van der Waals surface area contributed by atoms with Crippen LogP contribution in [0.2, 0.25) is 0 Å². The lowest BCUT2D eigenvalue weighted by molar-refractivity contribution is 0.353. The van der Waals surface area contributed by atoms with E-state index in [-0.39, 0.29) is 16.3 Å². The molecule has 1 aromatic carbocycles. The fourth-order valence-corrected chi connectivity index (χ4v) is 3.27. The second kappa shape index (κ2) is 6.35. The molecular formula is C16H22N2O5S. The highest BCUT2D eigenvalue weighted by Gasteiger charge is 2.24.